The molecule has 3 heterocycles. The molecule has 0 aliphatic carbocycles. The Kier molecular flexibility index (Phi) is 6.61. The Morgan fingerprint density at radius 2 is 1.88 bits per heavy atom. The zero-order valence-electron chi connectivity index (χ0n) is 17.7. The van der Waals surface area contributed by atoms with Crippen LogP contribution in [0.1, 0.15) is 23.0 Å². The third kappa shape index (κ3) is 5.20. The molecule has 8 nitrogen and oxygen atoms in total. The fourth-order valence-corrected chi connectivity index (χ4v) is 5.25. The van der Waals surface area contributed by atoms with Gasteiger partial charge in [0.05, 0.1) is 16.0 Å². The fraction of sp³-hybridized carbons (Fsp3) is 0.273. The zero-order chi connectivity index (χ0) is 22.7. The minimum atomic E-state index is -0.231. The largest absolute Gasteiger partial charge is 0.507 e. The molecule has 0 atom stereocenters. The number of phenols is 1. The van der Waals surface area contributed by atoms with Gasteiger partial charge in [-0.05, 0) is 37.3 Å². The van der Waals surface area contributed by atoms with E-state index in [2.05, 4.69) is 15.3 Å². The Balaban J connectivity index is 1.43. The molecular formula is C22H23N5O3S2. The number of aromatic nitrogens is 2. The number of nitrogens with one attached hydrogen (secondary N) is 1. The van der Waals surface area contributed by atoms with E-state index in [-0.39, 0.29) is 23.1 Å². The SMILES string of the molecule is CC(=O)N1CCN(C(=O)c2cc(Sc3cnc(Nc4cccc(C)n4)s3)ccc2O)CC1. The van der Waals surface area contributed by atoms with E-state index in [0.717, 1.165) is 25.7 Å². The molecule has 1 aliphatic heterocycles. The average molecular weight is 470 g/mol. The topological polar surface area (TPSA) is 98.7 Å². The highest BCUT2D eigenvalue weighted by Crippen LogP contribution is 2.36. The zero-order valence-corrected chi connectivity index (χ0v) is 19.4. The monoisotopic (exact) mass is 469 g/mol. The first-order valence-corrected chi connectivity index (χ1v) is 11.7. The third-order valence-corrected chi connectivity index (χ3v) is 7.04. The number of hydrogen-bond donors (Lipinski definition) is 2. The Morgan fingerprint density at radius 1 is 1.12 bits per heavy atom. The predicted octanol–water partition coefficient (Wildman–Crippen LogP) is 3.75. The molecule has 2 amide bonds. The minimum Gasteiger partial charge on any atom is -0.507 e. The summed E-state index contributed by atoms with van der Waals surface area (Å²) in [7, 11) is 0. The molecular weight excluding hydrogens is 446 g/mol. The lowest BCUT2D eigenvalue weighted by Gasteiger charge is -2.34. The van der Waals surface area contributed by atoms with Crippen molar-refractivity contribution in [3.05, 3.63) is 53.9 Å². The van der Waals surface area contributed by atoms with Gasteiger partial charge >= 0.3 is 0 Å². The number of carbonyl (C=O) groups excluding carboxylic acids is 2. The van der Waals surface area contributed by atoms with Crippen LogP contribution >= 0.6 is 23.1 Å². The van der Waals surface area contributed by atoms with Crippen LogP contribution in [-0.4, -0.2) is 62.9 Å². The van der Waals surface area contributed by atoms with Crippen LogP contribution in [0.15, 0.2) is 51.7 Å². The van der Waals surface area contributed by atoms with Gasteiger partial charge in [-0.25, -0.2) is 9.97 Å². The van der Waals surface area contributed by atoms with Crippen LogP contribution in [-0.2, 0) is 4.79 Å². The Labute approximate surface area is 194 Å². The summed E-state index contributed by atoms with van der Waals surface area (Å²) in [6.45, 7) is 5.37. The van der Waals surface area contributed by atoms with Gasteiger partial charge in [0.15, 0.2) is 5.13 Å². The lowest BCUT2D eigenvalue weighted by Crippen LogP contribution is -2.50. The minimum absolute atomic E-state index is 0.00920. The summed E-state index contributed by atoms with van der Waals surface area (Å²) in [6.07, 6.45) is 1.77. The van der Waals surface area contributed by atoms with Crippen molar-refractivity contribution in [3.8, 4) is 5.75 Å². The highest BCUT2D eigenvalue weighted by Gasteiger charge is 2.25. The molecule has 1 fully saturated rings. The molecule has 0 spiro atoms. The van der Waals surface area contributed by atoms with E-state index in [4.69, 9.17) is 0 Å². The third-order valence-electron chi connectivity index (χ3n) is 5.04. The molecule has 166 valence electrons. The molecule has 1 aliphatic rings. The standard InChI is InChI=1S/C22H23N5O3S2/c1-14-4-3-5-19(24-14)25-22-23-13-20(32-22)31-16-6-7-18(29)17(12-16)21(30)27-10-8-26(9-11-27)15(2)28/h3-7,12-13,29H,8-11H2,1-2H3,(H,23,24,25). The number of anilines is 2. The molecule has 0 saturated carbocycles. The Morgan fingerprint density at radius 3 is 2.59 bits per heavy atom. The quantitative estimate of drug-likeness (QED) is 0.587. The van der Waals surface area contributed by atoms with Crippen LogP contribution < -0.4 is 5.32 Å². The van der Waals surface area contributed by atoms with Crippen molar-refractivity contribution in [1.29, 1.82) is 0 Å². The van der Waals surface area contributed by atoms with E-state index in [1.165, 1.54) is 36.1 Å². The van der Waals surface area contributed by atoms with Gasteiger partial charge in [-0.2, -0.15) is 0 Å². The lowest BCUT2D eigenvalue weighted by molar-refractivity contribution is -0.130. The molecule has 10 heteroatoms. The summed E-state index contributed by atoms with van der Waals surface area (Å²) in [5.41, 5.74) is 1.18. The second kappa shape index (κ2) is 9.58. The summed E-state index contributed by atoms with van der Waals surface area (Å²) < 4.78 is 0.944. The van der Waals surface area contributed by atoms with Gasteiger partial charge < -0.3 is 20.2 Å². The first kappa shape index (κ1) is 22.1. The first-order valence-electron chi connectivity index (χ1n) is 10.1. The van der Waals surface area contributed by atoms with E-state index in [0.29, 0.717) is 26.2 Å². The average Bonchev–Trinajstić information content (AvgIpc) is 3.21. The number of phenolic OH excluding ortho intramolecular Hbond substituents is 1. The van der Waals surface area contributed by atoms with E-state index < -0.39 is 0 Å². The van der Waals surface area contributed by atoms with Gasteiger partial charge in [-0.1, -0.05) is 29.2 Å². The van der Waals surface area contributed by atoms with Gasteiger partial charge in [0.2, 0.25) is 5.91 Å². The van der Waals surface area contributed by atoms with Crippen molar-refractivity contribution >= 4 is 45.9 Å². The number of rotatable bonds is 5. The van der Waals surface area contributed by atoms with Gasteiger partial charge in [-0.3, -0.25) is 9.59 Å². The molecule has 3 aromatic rings. The molecule has 4 rings (SSSR count). The van der Waals surface area contributed by atoms with Crippen molar-refractivity contribution in [2.45, 2.75) is 23.0 Å². The maximum absolute atomic E-state index is 13.0. The van der Waals surface area contributed by atoms with Crippen LogP contribution in [0.25, 0.3) is 0 Å². The van der Waals surface area contributed by atoms with E-state index >= 15 is 0 Å². The summed E-state index contributed by atoms with van der Waals surface area (Å²) in [5, 5.41) is 14.2. The fourth-order valence-electron chi connectivity index (χ4n) is 3.35. The number of piperazine rings is 1. The van der Waals surface area contributed by atoms with Crippen LogP contribution in [0.2, 0.25) is 0 Å². The molecule has 2 N–H and O–H groups in total. The van der Waals surface area contributed by atoms with Crippen molar-refractivity contribution in [2.75, 3.05) is 31.5 Å². The van der Waals surface area contributed by atoms with E-state index in [1.54, 1.807) is 28.1 Å². The van der Waals surface area contributed by atoms with Crippen molar-refractivity contribution in [1.82, 2.24) is 19.8 Å². The number of aromatic hydroxyl groups is 1. The highest BCUT2D eigenvalue weighted by molar-refractivity contribution is 8.01. The summed E-state index contributed by atoms with van der Waals surface area (Å²) in [6, 6.07) is 10.8. The lowest BCUT2D eigenvalue weighted by atomic mass is 10.1. The number of carbonyl (C=O) groups is 2. The van der Waals surface area contributed by atoms with Crippen LogP contribution in [0, 0.1) is 6.92 Å². The van der Waals surface area contributed by atoms with Gasteiger partial charge in [0.25, 0.3) is 5.91 Å². The normalized spacial score (nSPS) is 13.8. The molecule has 1 aromatic carbocycles. The second-order valence-corrected chi connectivity index (χ2v) is 9.76. The number of hydrogen-bond acceptors (Lipinski definition) is 8. The predicted molar refractivity (Wildman–Crippen MR) is 125 cm³/mol. The molecule has 32 heavy (non-hydrogen) atoms. The Bertz CT molecular complexity index is 1140. The molecule has 0 bridgehead atoms. The molecule has 0 radical (unpaired) electrons. The Hall–Kier alpha value is -3.11. The number of aryl methyl sites for hydroxylation is 1. The van der Waals surface area contributed by atoms with Crippen molar-refractivity contribution in [3.63, 3.8) is 0 Å². The van der Waals surface area contributed by atoms with Gasteiger partial charge in [0.1, 0.15) is 11.6 Å². The van der Waals surface area contributed by atoms with Crippen molar-refractivity contribution < 1.29 is 14.7 Å². The number of benzene rings is 1. The number of pyridine rings is 1. The number of amides is 2. The van der Waals surface area contributed by atoms with E-state index in [1.807, 2.05) is 25.1 Å². The summed E-state index contributed by atoms with van der Waals surface area (Å²) in [4.78, 5) is 37.5. The van der Waals surface area contributed by atoms with Crippen LogP contribution in [0.5, 0.6) is 5.75 Å². The summed E-state index contributed by atoms with van der Waals surface area (Å²) >= 11 is 2.96. The second-order valence-electron chi connectivity index (χ2n) is 7.35. The maximum atomic E-state index is 13.0. The van der Waals surface area contributed by atoms with Gasteiger partial charge in [0, 0.05) is 43.7 Å². The summed E-state index contributed by atoms with van der Waals surface area (Å²) in [5.74, 6) is 0.462. The van der Waals surface area contributed by atoms with Crippen molar-refractivity contribution in [2.24, 2.45) is 0 Å². The first-order chi connectivity index (χ1) is 15.4. The molecule has 0 unspecified atom stereocenters. The van der Waals surface area contributed by atoms with E-state index in [9.17, 15) is 14.7 Å². The maximum Gasteiger partial charge on any atom is 0.257 e. The number of thiazole rings is 1. The highest BCUT2D eigenvalue weighted by atomic mass is 32.2. The van der Waals surface area contributed by atoms with Gasteiger partial charge in [-0.15, -0.1) is 0 Å². The molecule has 2 aromatic heterocycles. The van der Waals surface area contributed by atoms with Crippen LogP contribution in [0.3, 0.4) is 0 Å². The number of nitrogens with zero attached hydrogens (tertiary/aromatic N) is 4. The van der Waals surface area contributed by atoms with Crippen LogP contribution in [0.4, 0.5) is 10.9 Å². The smallest absolute Gasteiger partial charge is 0.257 e. The molecule has 1 saturated heterocycles.